The number of anilines is 2. The number of pyridine rings is 1. The SMILES string of the molecule is COc1cc(C)c(-c2ccnc(NCCCC3CC3)c2N)cc1F. The first-order chi connectivity index (χ1) is 11.6. The normalized spacial score (nSPS) is 13.8. The lowest BCUT2D eigenvalue weighted by molar-refractivity contribution is 0.386. The number of halogens is 1. The summed E-state index contributed by atoms with van der Waals surface area (Å²) in [7, 11) is 1.46. The van der Waals surface area contributed by atoms with Crippen molar-refractivity contribution in [1.29, 1.82) is 0 Å². The fourth-order valence-corrected chi connectivity index (χ4v) is 2.95. The first kappa shape index (κ1) is 16.6. The maximum Gasteiger partial charge on any atom is 0.165 e. The van der Waals surface area contributed by atoms with Crippen molar-refractivity contribution in [2.24, 2.45) is 5.92 Å². The second kappa shape index (κ2) is 7.07. The Morgan fingerprint density at radius 1 is 1.33 bits per heavy atom. The van der Waals surface area contributed by atoms with Gasteiger partial charge in [0.05, 0.1) is 12.8 Å². The molecule has 2 aromatic rings. The Morgan fingerprint density at radius 3 is 2.83 bits per heavy atom. The van der Waals surface area contributed by atoms with Gasteiger partial charge < -0.3 is 15.8 Å². The first-order valence-electron chi connectivity index (χ1n) is 8.43. The topological polar surface area (TPSA) is 60.2 Å². The zero-order valence-electron chi connectivity index (χ0n) is 14.2. The summed E-state index contributed by atoms with van der Waals surface area (Å²) >= 11 is 0. The Hall–Kier alpha value is -2.30. The smallest absolute Gasteiger partial charge is 0.165 e. The molecule has 3 rings (SSSR count). The third-order valence-electron chi connectivity index (χ3n) is 4.56. The van der Waals surface area contributed by atoms with Crippen molar-refractivity contribution in [1.82, 2.24) is 4.98 Å². The van der Waals surface area contributed by atoms with Crippen LogP contribution in [0.25, 0.3) is 11.1 Å². The molecule has 0 bridgehead atoms. The molecule has 5 heteroatoms. The van der Waals surface area contributed by atoms with Crippen molar-refractivity contribution in [3.63, 3.8) is 0 Å². The second-order valence-corrected chi connectivity index (χ2v) is 6.43. The van der Waals surface area contributed by atoms with Gasteiger partial charge in [0.2, 0.25) is 0 Å². The van der Waals surface area contributed by atoms with Gasteiger partial charge >= 0.3 is 0 Å². The lowest BCUT2D eigenvalue weighted by Gasteiger charge is -2.15. The molecule has 3 N–H and O–H groups in total. The van der Waals surface area contributed by atoms with Crippen LogP contribution >= 0.6 is 0 Å². The number of benzene rings is 1. The van der Waals surface area contributed by atoms with Gasteiger partial charge in [-0.1, -0.05) is 12.8 Å². The fourth-order valence-electron chi connectivity index (χ4n) is 2.95. The van der Waals surface area contributed by atoms with E-state index in [4.69, 9.17) is 10.5 Å². The Bertz CT molecular complexity index is 729. The van der Waals surface area contributed by atoms with E-state index in [1.807, 2.05) is 13.0 Å². The number of rotatable bonds is 7. The average Bonchev–Trinajstić information content (AvgIpc) is 3.39. The van der Waals surface area contributed by atoms with Crippen LogP contribution in [0.1, 0.15) is 31.2 Å². The number of ether oxygens (including phenoxy) is 1. The molecule has 4 nitrogen and oxygen atoms in total. The summed E-state index contributed by atoms with van der Waals surface area (Å²) in [5, 5.41) is 3.31. The quantitative estimate of drug-likeness (QED) is 0.740. The predicted molar refractivity (Wildman–Crippen MR) is 95.8 cm³/mol. The molecular formula is C19H24FN3O. The largest absolute Gasteiger partial charge is 0.494 e. The van der Waals surface area contributed by atoms with E-state index in [9.17, 15) is 4.39 Å². The molecule has 1 aliphatic carbocycles. The van der Waals surface area contributed by atoms with Gasteiger partial charge in [-0.15, -0.1) is 0 Å². The maximum absolute atomic E-state index is 14.1. The molecule has 1 fully saturated rings. The van der Waals surface area contributed by atoms with Gasteiger partial charge in [-0.25, -0.2) is 9.37 Å². The monoisotopic (exact) mass is 329 g/mol. The molecule has 0 unspecified atom stereocenters. The highest BCUT2D eigenvalue weighted by Crippen LogP contribution is 2.36. The second-order valence-electron chi connectivity index (χ2n) is 6.43. The molecule has 24 heavy (non-hydrogen) atoms. The Labute approximate surface area is 142 Å². The van der Waals surface area contributed by atoms with Crippen molar-refractivity contribution in [3.05, 3.63) is 35.8 Å². The van der Waals surface area contributed by atoms with Gasteiger partial charge in [0.25, 0.3) is 0 Å². The zero-order chi connectivity index (χ0) is 17.1. The number of aromatic nitrogens is 1. The van der Waals surface area contributed by atoms with Crippen LogP contribution in [0, 0.1) is 18.7 Å². The van der Waals surface area contributed by atoms with Gasteiger partial charge in [0.1, 0.15) is 5.82 Å². The molecule has 1 heterocycles. The minimum absolute atomic E-state index is 0.238. The van der Waals surface area contributed by atoms with Crippen LogP contribution < -0.4 is 15.8 Å². The fraction of sp³-hybridized carbons (Fsp3) is 0.421. The summed E-state index contributed by atoms with van der Waals surface area (Å²) in [5.41, 5.74) is 9.29. The van der Waals surface area contributed by atoms with E-state index in [1.54, 1.807) is 12.3 Å². The summed E-state index contributed by atoms with van der Waals surface area (Å²) in [6, 6.07) is 4.98. The molecule has 128 valence electrons. The summed E-state index contributed by atoms with van der Waals surface area (Å²) in [4.78, 5) is 4.33. The van der Waals surface area contributed by atoms with Crippen LogP contribution in [-0.2, 0) is 0 Å². The average molecular weight is 329 g/mol. The highest BCUT2D eigenvalue weighted by Gasteiger charge is 2.20. The number of nitrogens with zero attached hydrogens (tertiary/aromatic N) is 1. The number of nitrogen functional groups attached to an aromatic ring is 1. The van der Waals surface area contributed by atoms with E-state index in [0.717, 1.165) is 35.6 Å². The number of hydrogen-bond acceptors (Lipinski definition) is 4. The third-order valence-corrected chi connectivity index (χ3v) is 4.56. The Kier molecular flexibility index (Phi) is 4.88. The lowest BCUT2D eigenvalue weighted by atomic mass is 9.99. The molecule has 0 saturated heterocycles. The number of methoxy groups -OCH3 is 1. The van der Waals surface area contributed by atoms with Crippen LogP contribution in [0.2, 0.25) is 0 Å². The molecule has 0 aliphatic heterocycles. The van der Waals surface area contributed by atoms with Crippen LogP contribution in [0.15, 0.2) is 24.4 Å². The van der Waals surface area contributed by atoms with Crippen molar-refractivity contribution in [2.45, 2.75) is 32.6 Å². The number of hydrogen-bond donors (Lipinski definition) is 2. The minimum Gasteiger partial charge on any atom is -0.494 e. The lowest BCUT2D eigenvalue weighted by Crippen LogP contribution is -2.07. The van der Waals surface area contributed by atoms with Crippen LogP contribution in [0.4, 0.5) is 15.9 Å². The van der Waals surface area contributed by atoms with Crippen LogP contribution in [-0.4, -0.2) is 18.6 Å². The number of aryl methyl sites for hydroxylation is 1. The molecular weight excluding hydrogens is 305 g/mol. The van der Waals surface area contributed by atoms with Crippen molar-refractivity contribution in [2.75, 3.05) is 24.7 Å². The van der Waals surface area contributed by atoms with Crippen molar-refractivity contribution >= 4 is 11.5 Å². The van der Waals surface area contributed by atoms with Gasteiger partial charge in [0, 0.05) is 18.3 Å². The van der Waals surface area contributed by atoms with Crippen LogP contribution in [0.5, 0.6) is 5.75 Å². The summed E-state index contributed by atoms with van der Waals surface area (Å²) in [6.07, 6.45) is 6.83. The molecule has 1 aliphatic rings. The molecule has 1 aromatic heterocycles. The van der Waals surface area contributed by atoms with E-state index >= 15 is 0 Å². The van der Waals surface area contributed by atoms with E-state index in [2.05, 4.69) is 10.3 Å². The van der Waals surface area contributed by atoms with Crippen LogP contribution in [0.3, 0.4) is 0 Å². The molecule has 0 atom stereocenters. The van der Waals surface area contributed by atoms with Gasteiger partial charge in [-0.3, -0.25) is 0 Å². The molecule has 0 spiro atoms. The molecule has 0 amide bonds. The van der Waals surface area contributed by atoms with E-state index in [-0.39, 0.29) is 5.75 Å². The van der Waals surface area contributed by atoms with Crippen molar-refractivity contribution in [3.8, 4) is 16.9 Å². The minimum atomic E-state index is -0.395. The summed E-state index contributed by atoms with van der Waals surface area (Å²) in [6.45, 7) is 2.77. The molecule has 1 aromatic carbocycles. The number of nitrogens with one attached hydrogen (secondary N) is 1. The highest BCUT2D eigenvalue weighted by molar-refractivity contribution is 5.85. The van der Waals surface area contributed by atoms with Gasteiger partial charge in [-0.05, 0) is 55.0 Å². The maximum atomic E-state index is 14.1. The zero-order valence-corrected chi connectivity index (χ0v) is 14.2. The summed E-state index contributed by atoms with van der Waals surface area (Å²) in [5.74, 6) is 1.43. The Balaban J connectivity index is 1.80. The molecule has 1 saturated carbocycles. The Morgan fingerprint density at radius 2 is 2.12 bits per heavy atom. The highest BCUT2D eigenvalue weighted by atomic mass is 19.1. The van der Waals surface area contributed by atoms with Gasteiger partial charge in [0.15, 0.2) is 11.6 Å². The first-order valence-corrected chi connectivity index (χ1v) is 8.43. The standard InChI is InChI=1S/C19H24FN3O/c1-12-10-17(24-2)16(20)11-15(12)14-7-9-23-19(18(14)21)22-8-3-4-13-5-6-13/h7,9-11,13H,3-6,8,21H2,1-2H3,(H,22,23). The summed E-state index contributed by atoms with van der Waals surface area (Å²) < 4.78 is 19.1. The third kappa shape index (κ3) is 3.61. The van der Waals surface area contributed by atoms with E-state index < -0.39 is 5.82 Å². The number of nitrogens with two attached hydrogens (primary N) is 1. The van der Waals surface area contributed by atoms with E-state index in [0.29, 0.717) is 11.5 Å². The molecule has 0 radical (unpaired) electrons. The van der Waals surface area contributed by atoms with Crippen molar-refractivity contribution < 1.29 is 9.13 Å². The predicted octanol–water partition coefficient (Wildman–Crippen LogP) is 4.39. The van der Waals surface area contributed by atoms with Gasteiger partial charge in [-0.2, -0.15) is 0 Å². The van der Waals surface area contributed by atoms with E-state index in [1.165, 1.54) is 32.4 Å².